The minimum Gasteiger partial charge on any atom is -0.308 e. The van der Waals surface area contributed by atoms with E-state index < -0.39 is 0 Å². The van der Waals surface area contributed by atoms with E-state index in [9.17, 15) is 4.39 Å². The Labute approximate surface area is 130 Å². The summed E-state index contributed by atoms with van der Waals surface area (Å²) in [4.78, 5) is 0. The SMILES string of the molecule is CCCCCCCCCCNC(C)(C)c1ccc(F)cc1. The van der Waals surface area contributed by atoms with Gasteiger partial charge in [0.25, 0.3) is 0 Å². The van der Waals surface area contributed by atoms with Gasteiger partial charge in [0.05, 0.1) is 0 Å². The van der Waals surface area contributed by atoms with E-state index >= 15 is 0 Å². The van der Waals surface area contributed by atoms with Gasteiger partial charge in [-0.2, -0.15) is 0 Å². The quantitative estimate of drug-likeness (QED) is 0.509. The van der Waals surface area contributed by atoms with E-state index in [0.717, 1.165) is 12.1 Å². The molecular weight excluding hydrogens is 261 g/mol. The van der Waals surface area contributed by atoms with Crippen molar-refractivity contribution >= 4 is 0 Å². The first kappa shape index (κ1) is 18.2. The van der Waals surface area contributed by atoms with Crippen LogP contribution < -0.4 is 5.32 Å². The van der Waals surface area contributed by atoms with E-state index in [1.54, 1.807) is 0 Å². The molecule has 0 aliphatic carbocycles. The van der Waals surface area contributed by atoms with Crippen molar-refractivity contribution in [1.29, 1.82) is 0 Å². The van der Waals surface area contributed by atoms with Crippen LogP contribution in [0.3, 0.4) is 0 Å². The molecule has 120 valence electrons. The average Bonchev–Trinajstić information content (AvgIpc) is 2.46. The minimum atomic E-state index is -0.169. The summed E-state index contributed by atoms with van der Waals surface area (Å²) in [7, 11) is 0. The Kier molecular flexibility index (Phi) is 8.60. The molecule has 0 saturated carbocycles. The Balaban J connectivity index is 2.12. The van der Waals surface area contributed by atoms with Crippen molar-refractivity contribution in [3.8, 4) is 0 Å². The molecule has 0 unspecified atom stereocenters. The third-order valence-electron chi connectivity index (χ3n) is 4.16. The summed E-state index contributed by atoms with van der Waals surface area (Å²) in [5, 5.41) is 3.58. The molecule has 0 saturated heterocycles. The van der Waals surface area contributed by atoms with Crippen LogP contribution in [0.5, 0.6) is 0 Å². The van der Waals surface area contributed by atoms with Crippen molar-refractivity contribution in [2.75, 3.05) is 6.54 Å². The van der Waals surface area contributed by atoms with Gasteiger partial charge in [0.15, 0.2) is 0 Å². The zero-order valence-electron chi connectivity index (χ0n) is 14.1. The van der Waals surface area contributed by atoms with Crippen LogP contribution in [0.25, 0.3) is 0 Å². The summed E-state index contributed by atoms with van der Waals surface area (Å²) >= 11 is 0. The maximum absolute atomic E-state index is 13.0. The first-order valence-electron chi connectivity index (χ1n) is 8.57. The summed E-state index contributed by atoms with van der Waals surface area (Å²) in [5.41, 5.74) is 1.05. The zero-order chi connectivity index (χ0) is 15.6. The normalized spacial score (nSPS) is 11.8. The molecular formula is C19H32FN. The molecule has 0 spiro atoms. The third-order valence-corrected chi connectivity index (χ3v) is 4.16. The van der Waals surface area contributed by atoms with Crippen LogP contribution in [0.15, 0.2) is 24.3 Å². The molecule has 1 N–H and O–H groups in total. The van der Waals surface area contributed by atoms with Gasteiger partial charge in [-0.1, -0.05) is 64.0 Å². The molecule has 2 heteroatoms. The predicted molar refractivity (Wildman–Crippen MR) is 90.0 cm³/mol. The fraction of sp³-hybridized carbons (Fsp3) is 0.684. The molecule has 1 aromatic carbocycles. The van der Waals surface area contributed by atoms with Crippen molar-refractivity contribution in [1.82, 2.24) is 5.32 Å². The standard InChI is InChI=1S/C19H32FN/c1-4-5-6-7-8-9-10-11-16-21-19(2,3)17-12-14-18(20)15-13-17/h12-15,21H,4-11,16H2,1-3H3. The molecule has 1 aromatic rings. The van der Waals surface area contributed by atoms with E-state index in [-0.39, 0.29) is 11.4 Å². The molecule has 1 rings (SSSR count). The second kappa shape index (κ2) is 9.94. The topological polar surface area (TPSA) is 12.0 Å². The van der Waals surface area contributed by atoms with Crippen LogP contribution in [-0.2, 0) is 5.54 Å². The number of hydrogen-bond donors (Lipinski definition) is 1. The molecule has 21 heavy (non-hydrogen) atoms. The highest BCUT2D eigenvalue weighted by Gasteiger charge is 2.18. The van der Waals surface area contributed by atoms with Gasteiger partial charge in [-0.15, -0.1) is 0 Å². The smallest absolute Gasteiger partial charge is 0.123 e. The lowest BCUT2D eigenvalue weighted by Gasteiger charge is -2.27. The first-order chi connectivity index (χ1) is 10.1. The van der Waals surface area contributed by atoms with E-state index in [4.69, 9.17) is 0 Å². The van der Waals surface area contributed by atoms with E-state index in [0.29, 0.717) is 0 Å². The lowest BCUT2D eigenvalue weighted by atomic mass is 9.94. The van der Waals surface area contributed by atoms with Gasteiger partial charge in [0.2, 0.25) is 0 Å². The van der Waals surface area contributed by atoms with Gasteiger partial charge < -0.3 is 5.32 Å². The Bertz CT molecular complexity index is 370. The van der Waals surface area contributed by atoms with Crippen LogP contribution in [0, 0.1) is 5.82 Å². The Morgan fingerprint density at radius 1 is 0.857 bits per heavy atom. The maximum Gasteiger partial charge on any atom is 0.123 e. The van der Waals surface area contributed by atoms with Gasteiger partial charge in [0, 0.05) is 5.54 Å². The number of benzene rings is 1. The highest BCUT2D eigenvalue weighted by atomic mass is 19.1. The summed E-state index contributed by atoms with van der Waals surface area (Å²) in [6.45, 7) is 7.60. The molecule has 0 atom stereocenters. The van der Waals surface area contributed by atoms with Gasteiger partial charge in [-0.05, 0) is 44.5 Å². The number of halogens is 1. The minimum absolute atomic E-state index is 0.0885. The highest BCUT2D eigenvalue weighted by molar-refractivity contribution is 5.23. The van der Waals surface area contributed by atoms with Crippen LogP contribution in [0.4, 0.5) is 4.39 Å². The largest absolute Gasteiger partial charge is 0.308 e. The fourth-order valence-electron chi connectivity index (χ4n) is 2.63. The molecule has 0 fully saturated rings. The lowest BCUT2D eigenvalue weighted by Crippen LogP contribution is -2.37. The number of rotatable bonds is 11. The molecule has 0 radical (unpaired) electrons. The van der Waals surface area contributed by atoms with E-state index in [1.165, 1.54) is 63.5 Å². The molecule has 0 aliphatic rings. The maximum atomic E-state index is 13.0. The number of hydrogen-bond acceptors (Lipinski definition) is 1. The monoisotopic (exact) mass is 293 g/mol. The highest BCUT2D eigenvalue weighted by Crippen LogP contribution is 2.20. The van der Waals surface area contributed by atoms with Crippen molar-refractivity contribution < 1.29 is 4.39 Å². The van der Waals surface area contributed by atoms with Crippen LogP contribution in [0.1, 0.15) is 77.7 Å². The summed E-state index contributed by atoms with van der Waals surface area (Å²) in [5.74, 6) is -0.169. The molecule has 0 heterocycles. The predicted octanol–water partition coefficient (Wildman–Crippen LogP) is 5.79. The van der Waals surface area contributed by atoms with Gasteiger partial charge in [-0.3, -0.25) is 0 Å². The second-order valence-electron chi connectivity index (χ2n) is 6.53. The Morgan fingerprint density at radius 3 is 1.95 bits per heavy atom. The van der Waals surface area contributed by atoms with Crippen molar-refractivity contribution in [2.24, 2.45) is 0 Å². The van der Waals surface area contributed by atoms with Crippen LogP contribution in [0.2, 0.25) is 0 Å². The van der Waals surface area contributed by atoms with Gasteiger partial charge in [-0.25, -0.2) is 4.39 Å². The molecule has 0 amide bonds. The van der Waals surface area contributed by atoms with E-state index in [2.05, 4.69) is 26.1 Å². The first-order valence-corrected chi connectivity index (χ1v) is 8.57. The number of nitrogens with one attached hydrogen (secondary N) is 1. The molecule has 0 aromatic heterocycles. The molecule has 0 bridgehead atoms. The van der Waals surface area contributed by atoms with Gasteiger partial charge >= 0.3 is 0 Å². The van der Waals surface area contributed by atoms with Gasteiger partial charge in [0.1, 0.15) is 5.82 Å². The third kappa shape index (κ3) is 7.61. The fourth-order valence-corrected chi connectivity index (χ4v) is 2.63. The van der Waals surface area contributed by atoms with Crippen molar-refractivity contribution in [3.63, 3.8) is 0 Å². The Morgan fingerprint density at radius 2 is 1.38 bits per heavy atom. The average molecular weight is 293 g/mol. The second-order valence-corrected chi connectivity index (χ2v) is 6.53. The Hall–Kier alpha value is -0.890. The lowest BCUT2D eigenvalue weighted by molar-refractivity contribution is 0.394. The number of unbranched alkanes of at least 4 members (excludes halogenated alkanes) is 7. The van der Waals surface area contributed by atoms with Crippen molar-refractivity contribution in [3.05, 3.63) is 35.6 Å². The van der Waals surface area contributed by atoms with Crippen LogP contribution in [-0.4, -0.2) is 6.54 Å². The summed E-state index contributed by atoms with van der Waals surface area (Å²) in [6.07, 6.45) is 10.7. The molecule has 0 aliphatic heterocycles. The summed E-state index contributed by atoms with van der Waals surface area (Å²) in [6, 6.07) is 6.82. The zero-order valence-corrected chi connectivity index (χ0v) is 14.1. The van der Waals surface area contributed by atoms with Crippen molar-refractivity contribution in [2.45, 2.75) is 77.7 Å². The summed E-state index contributed by atoms with van der Waals surface area (Å²) < 4.78 is 13.0. The molecule has 1 nitrogen and oxygen atoms in total. The van der Waals surface area contributed by atoms with E-state index in [1.807, 2.05) is 12.1 Å². The van der Waals surface area contributed by atoms with Crippen LogP contribution >= 0.6 is 0 Å².